The van der Waals surface area contributed by atoms with Crippen LogP contribution >= 0.6 is 11.8 Å². The number of carboxylic acid groups (broad SMARTS) is 1. The third-order valence-electron chi connectivity index (χ3n) is 7.59. The number of fused-ring (bicyclic) bond motifs is 1. The molecule has 1 saturated heterocycles. The van der Waals surface area contributed by atoms with E-state index >= 15 is 4.39 Å². The number of benzene rings is 2. The second kappa shape index (κ2) is 13.7. The average molecular weight is 579 g/mol. The van der Waals surface area contributed by atoms with Gasteiger partial charge >= 0.3 is 12.1 Å². The molecule has 5 nitrogen and oxygen atoms in total. The molecule has 10 heteroatoms. The lowest BCUT2D eigenvalue weighted by molar-refractivity contribution is -0.140. The molecular formula is C30H34F4N2O3S. The van der Waals surface area contributed by atoms with Crippen molar-refractivity contribution in [3.05, 3.63) is 65.9 Å². The SMILES string of the molecule is COc1ccc2nccc([C@@H](F)CC[C@@H]3CCN(CCCSc4ccccc4C(F)(F)F)C[C@@H]3CC(=O)O)c2c1. The molecular weight excluding hydrogens is 544 g/mol. The van der Waals surface area contributed by atoms with Crippen molar-refractivity contribution in [2.45, 2.75) is 49.3 Å². The van der Waals surface area contributed by atoms with E-state index in [-0.39, 0.29) is 29.6 Å². The molecule has 2 heterocycles. The molecule has 0 saturated carbocycles. The largest absolute Gasteiger partial charge is 0.497 e. The Kier molecular flexibility index (Phi) is 10.3. The maximum atomic E-state index is 15.5. The lowest BCUT2D eigenvalue weighted by Crippen LogP contribution is -2.42. The number of carbonyl (C=O) groups is 1. The number of methoxy groups -OCH3 is 1. The third kappa shape index (κ3) is 7.87. The highest BCUT2D eigenvalue weighted by molar-refractivity contribution is 7.99. The van der Waals surface area contributed by atoms with Crippen molar-refractivity contribution in [1.29, 1.82) is 0 Å². The summed E-state index contributed by atoms with van der Waals surface area (Å²) < 4.78 is 60.5. The number of carboxylic acids is 1. The molecule has 4 rings (SSSR count). The maximum Gasteiger partial charge on any atom is 0.417 e. The van der Waals surface area contributed by atoms with E-state index in [2.05, 4.69) is 9.88 Å². The average Bonchev–Trinajstić information content (AvgIpc) is 2.93. The van der Waals surface area contributed by atoms with Gasteiger partial charge in [0.25, 0.3) is 0 Å². The van der Waals surface area contributed by atoms with Crippen molar-refractivity contribution >= 4 is 28.6 Å². The molecule has 2 aromatic carbocycles. The molecule has 40 heavy (non-hydrogen) atoms. The van der Waals surface area contributed by atoms with Gasteiger partial charge in [0.2, 0.25) is 0 Å². The number of pyridine rings is 1. The van der Waals surface area contributed by atoms with Crippen molar-refractivity contribution in [3.8, 4) is 5.75 Å². The van der Waals surface area contributed by atoms with Gasteiger partial charge in [-0.05, 0) is 98.3 Å². The molecule has 3 atom stereocenters. The number of thioether (sulfide) groups is 1. The molecule has 1 N–H and O–H groups in total. The molecule has 1 fully saturated rings. The number of piperidine rings is 1. The van der Waals surface area contributed by atoms with Crippen molar-refractivity contribution in [3.63, 3.8) is 0 Å². The number of alkyl halides is 4. The minimum atomic E-state index is -4.38. The predicted octanol–water partition coefficient (Wildman–Crippen LogP) is 7.65. The van der Waals surface area contributed by atoms with Crippen LogP contribution in [0.15, 0.2) is 59.6 Å². The number of rotatable bonds is 12. The number of aromatic nitrogens is 1. The van der Waals surface area contributed by atoms with E-state index in [0.717, 1.165) is 19.0 Å². The van der Waals surface area contributed by atoms with Crippen molar-refractivity contribution < 1.29 is 32.2 Å². The highest BCUT2D eigenvalue weighted by atomic mass is 32.2. The highest BCUT2D eigenvalue weighted by Gasteiger charge is 2.33. The van der Waals surface area contributed by atoms with E-state index in [1.807, 2.05) is 0 Å². The molecule has 216 valence electrons. The number of aliphatic carboxylic acids is 1. The molecule has 1 aliphatic heterocycles. The van der Waals surface area contributed by atoms with Gasteiger partial charge in [-0.25, -0.2) is 4.39 Å². The van der Waals surface area contributed by atoms with Gasteiger partial charge in [-0.15, -0.1) is 11.8 Å². The Labute approximate surface area is 235 Å². The Balaban J connectivity index is 1.31. The summed E-state index contributed by atoms with van der Waals surface area (Å²) in [6.07, 6.45) is -1.67. The van der Waals surface area contributed by atoms with Crippen LogP contribution < -0.4 is 4.74 Å². The summed E-state index contributed by atoms with van der Waals surface area (Å²) in [5.74, 6) is 0.267. The van der Waals surface area contributed by atoms with E-state index in [0.29, 0.717) is 53.9 Å². The molecule has 0 radical (unpaired) electrons. The molecule has 0 bridgehead atoms. The first-order chi connectivity index (χ1) is 19.2. The Hall–Kier alpha value is -2.85. The molecule has 0 spiro atoms. The van der Waals surface area contributed by atoms with Crippen LogP contribution in [0.2, 0.25) is 0 Å². The van der Waals surface area contributed by atoms with Gasteiger partial charge in [-0.3, -0.25) is 9.78 Å². The van der Waals surface area contributed by atoms with Crippen LogP contribution in [0, 0.1) is 11.8 Å². The number of likely N-dealkylation sites (tertiary alicyclic amines) is 1. The quantitative estimate of drug-likeness (QED) is 0.135. The number of nitrogens with zero attached hydrogens (tertiary/aromatic N) is 2. The molecule has 1 aromatic heterocycles. The van der Waals surface area contributed by atoms with Gasteiger partial charge in [-0.1, -0.05) is 12.1 Å². The van der Waals surface area contributed by atoms with Gasteiger partial charge in [0.1, 0.15) is 11.9 Å². The third-order valence-corrected chi connectivity index (χ3v) is 8.75. The van der Waals surface area contributed by atoms with E-state index in [1.165, 1.54) is 23.9 Å². The Morgan fingerprint density at radius 3 is 2.75 bits per heavy atom. The summed E-state index contributed by atoms with van der Waals surface area (Å²) in [5.41, 5.74) is 0.631. The zero-order valence-corrected chi connectivity index (χ0v) is 23.2. The van der Waals surface area contributed by atoms with Gasteiger partial charge in [-0.2, -0.15) is 13.2 Å². The van der Waals surface area contributed by atoms with Crippen molar-refractivity contribution in [2.24, 2.45) is 11.8 Å². The summed E-state index contributed by atoms with van der Waals surface area (Å²) >= 11 is 1.19. The molecule has 1 aliphatic rings. The minimum absolute atomic E-state index is 0.0151. The van der Waals surface area contributed by atoms with E-state index in [1.54, 1.807) is 43.6 Å². The molecule has 0 aliphatic carbocycles. The van der Waals surface area contributed by atoms with Crippen molar-refractivity contribution in [1.82, 2.24) is 9.88 Å². The van der Waals surface area contributed by atoms with Crippen LogP contribution in [0.4, 0.5) is 17.6 Å². The molecule has 0 unspecified atom stereocenters. The summed E-state index contributed by atoms with van der Waals surface area (Å²) in [6.45, 7) is 2.03. The first kappa shape index (κ1) is 30.1. The van der Waals surface area contributed by atoms with Gasteiger partial charge < -0.3 is 14.7 Å². The van der Waals surface area contributed by atoms with Crippen LogP contribution in [0.1, 0.15) is 49.4 Å². The first-order valence-corrected chi connectivity index (χ1v) is 14.4. The van der Waals surface area contributed by atoms with Gasteiger partial charge in [0.05, 0.1) is 18.2 Å². The first-order valence-electron chi connectivity index (χ1n) is 13.5. The lowest BCUT2D eigenvalue weighted by atomic mass is 9.79. The molecule has 0 amide bonds. The Morgan fingerprint density at radius 2 is 2.00 bits per heavy atom. The van der Waals surface area contributed by atoms with Crippen LogP contribution in [-0.2, 0) is 11.0 Å². The fraction of sp³-hybridized carbons (Fsp3) is 0.467. The number of halogens is 4. The zero-order chi connectivity index (χ0) is 28.7. The maximum absolute atomic E-state index is 15.5. The van der Waals surface area contributed by atoms with Gasteiger partial charge in [0, 0.05) is 29.4 Å². The summed E-state index contributed by atoms with van der Waals surface area (Å²) in [5, 5.41) is 10.2. The van der Waals surface area contributed by atoms with E-state index < -0.39 is 23.9 Å². The number of hydrogen-bond acceptors (Lipinski definition) is 5. The standard InChI is InChI=1S/C30H34F4N2O3S/c1-39-22-8-10-27-24(18-22)23(11-13-35-27)26(31)9-7-20-12-15-36(19-21(20)17-29(37)38)14-4-16-40-28-6-3-2-5-25(28)30(32,33)34/h2-3,5-6,8,10-11,13,18,20-21,26H,4,7,9,12,14-17,19H2,1H3,(H,37,38)/t20-,21+,26+/m1/s1. The number of ether oxygens (including phenoxy) is 1. The predicted molar refractivity (Wildman–Crippen MR) is 148 cm³/mol. The second-order valence-corrected chi connectivity index (χ2v) is 11.4. The summed E-state index contributed by atoms with van der Waals surface area (Å²) in [7, 11) is 1.56. The van der Waals surface area contributed by atoms with E-state index in [4.69, 9.17) is 4.74 Å². The minimum Gasteiger partial charge on any atom is -0.497 e. The van der Waals surface area contributed by atoms with Crippen molar-refractivity contribution in [2.75, 3.05) is 32.5 Å². The summed E-state index contributed by atoms with van der Waals surface area (Å²) in [6, 6.07) is 12.7. The van der Waals surface area contributed by atoms with Crippen LogP contribution in [0.5, 0.6) is 5.75 Å². The van der Waals surface area contributed by atoms with Gasteiger partial charge in [0.15, 0.2) is 0 Å². The lowest BCUT2D eigenvalue weighted by Gasteiger charge is -2.38. The fourth-order valence-electron chi connectivity index (χ4n) is 5.55. The monoisotopic (exact) mass is 578 g/mol. The Bertz CT molecular complexity index is 1290. The summed E-state index contributed by atoms with van der Waals surface area (Å²) in [4.78, 5) is 18.3. The topological polar surface area (TPSA) is 62.7 Å². The van der Waals surface area contributed by atoms with Crippen LogP contribution in [0.25, 0.3) is 10.9 Å². The fourth-order valence-corrected chi connectivity index (χ4v) is 6.56. The number of hydrogen-bond donors (Lipinski definition) is 1. The zero-order valence-electron chi connectivity index (χ0n) is 22.4. The normalized spacial score (nSPS) is 19.0. The second-order valence-electron chi connectivity index (χ2n) is 10.2. The van der Waals surface area contributed by atoms with Crippen LogP contribution in [0.3, 0.4) is 0 Å². The Morgan fingerprint density at radius 1 is 1.20 bits per heavy atom. The smallest absolute Gasteiger partial charge is 0.417 e. The molecule has 3 aromatic rings. The van der Waals surface area contributed by atoms with E-state index in [9.17, 15) is 23.1 Å². The highest BCUT2D eigenvalue weighted by Crippen LogP contribution is 2.38. The van der Waals surface area contributed by atoms with Crippen LogP contribution in [-0.4, -0.2) is 53.5 Å².